The summed E-state index contributed by atoms with van der Waals surface area (Å²) in [5, 5.41) is 15.0. The number of aromatic nitrogens is 4. The molecule has 6 nitrogen and oxygen atoms in total. The summed E-state index contributed by atoms with van der Waals surface area (Å²) < 4.78 is 1.42. The first kappa shape index (κ1) is 21.9. The number of aryl methyl sites for hydroxylation is 1. The Kier molecular flexibility index (Phi) is 6.29. The average Bonchev–Trinajstić information content (AvgIpc) is 3.45. The summed E-state index contributed by atoms with van der Waals surface area (Å²) in [6, 6.07) is 15.8. The Balaban J connectivity index is 1.62. The lowest BCUT2D eigenvalue weighted by atomic mass is 10.1. The lowest BCUT2D eigenvalue weighted by molar-refractivity contribution is 0.807. The fourth-order valence-electron chi connectivity index (χ4n) is 3.41. The topological polar surface area (TPSA) is 87.4 Å². The maximum atomic E-state index is 13.1. The quantitative estimate of drug-likeness (QED) is 0.301. The molecule has 33 heavy (non-hydrogen) atoms. The van der Waals surface area contributed by atoms with Crippen LogP contribution in [-0.4, -0.2) is 19.7 Å². The van der Waals surface area contributed by atoms with E-state index >= 15 is 0 Å². The van der Waals surface area contributed by atoms with E-state index in [-0.39, 0.29) is 5.56 Å². The van der Waals surface area contributed by atoms with E-state index in [1.54, 1.807) is 35.8 Å². The molecule has 4 aromatic rings. The van der Waals surface area contributed by atoms with Gasteiger partial charge < -0.3 is 0 Å². The molecule has 3 aromatic heterocycles. The summed E-state index contributed by atoms with van der Waals surface area (Å²) in [5.41, 5.74) is 5.12. The van der Waals surface area contributed by atoms with Gasteiger partial charge in [0.1, 0.15) is 5.01 Å². The number of hydrogen-bond donors (Lipinski definition) is 1. The third kappa shape index (κ3) is 4.52. The molecule has 0 bridgehead atoms. The molecule has 4 rings (SSSR count). The number of allylic oxidation sites excluding steroid dienone is 5. The van der Waals surface area contributed by atoms with Gasteiger partial charge in [0.2, 0.25) is 0 Å². The van der Waals surface area contributed by atoms with Gasteiger partial charge in [-0.1, -0.05) is 49.1 Å². The maximum absolute atomic E-state index is 13.1. The van der Waals surface area contributed by atoms with E-state index in [4.69, 9.17) is 10.2 Å². The number of rotatable bonds is 6. The summed E-state index contributed by atoms with van der Waals surface area (Å²) in [7, 11) is 0. The largest absolute Gasteiger partial charge is 0.293 e. The van der Waals surface area contributed by atoms with E-state index < -0.39 is 0 Å². The number of benzene rings is 1. The first-order chi connectivity index (χ1) is 16.0. The van der Waals surface area contributed by atoms with Crippen molar-refractivity contribution in [2.24, 2.45) is 0 Å². The number of nitrogens with zero attached hydrogens (tertiary/aromatic N) is 4. The SMILES string of the molecule is C=C/C(C#N)=C\C=C(/C)c1c(C)[nH]n(-c2ccc(-c3nc(-c4ccccc4)cs3)cn2)c1=O. The van der Waals surface area contributed by atoms with Crippen molar-refractivity contribution < 1.29 is 0 Å². The molecule has 0 aliphatic rings. The summed E-state index contributed by atoms with van der Waals surface area (Å²) in [4.78, 5) is 22.3. The van der Waals surface area contributed by atoms with Crippen molar-refractivity contribution >= 4 is 16.9 Å². The second kappa shape index (κ2) is 9.47. The second-order valence-corrected chi connectivity index (χ2v) is 8.21. The van der Waals surface area contributed by atoms with Crippen molar-refractivity contribution in [2.75, 3.05) is 0 Å². The third-order valence-electron chi connectivity index (χ3n) is 5.13. The molecule has 0 saturated carbocycles. The first-order valence-electron chi connectivity index (χ1n) is 10.2. The van der Waals surface area contributed by atoms with Crippen LogP contribution in [0, 0.1) is 18.3 Å². The summed E-state index contributed by atoms with van der Waals surface area (Å²) in [5.74, 6) is 0.491. The van der Waals surface area contributed by atoms with Crippen LogP contribution in [-0.2, 0) is 0 Å². The Labute approximate surface area is 195 Å². The van der Waals surface area contributed by atoms with Crippen LogP contribution >= 0.6 is 11.3 Å². The van der Waals surface area contributed by atoms with Gasteiger partial charge in [-0.2, -0.15) is 5.26 Å². The van der Waals surface area contributed by atoms with Crippen LogP contribution < -0.4 is 5.56 Å². The predicted molar refractivity (Wildman–Crippen MR) is 133 cm³/mol. The molecule has 0 spiro atoms. The van der Waals surface area contributed by atoms with E-state index in [1.165, 1.54) is 10.8 Å². The number of aromatic amines is 1. The van der Waals surface area contributed by atoms with Crippen molar-refractivity contribution in [3.8, 4) is 33.7 Å². The van der Waals surface area contributed by atoms with Crippen LogP contribution in [0.25, 0.3) is 33.2 Å². The number of thiazole rings is 1. The Morgan fingerprint density at radius 3 is 2.64 bits per heavy atom. The standard InChI is InChI=1S/C26H21N5OS/c1-4-19(14-27)11-10-17(2)24-18(3)30-31(26(24)32)23-13-12-21(15-28-23)25-29-22(16-33-25)20-8-6-5-7-9-20/h4-13,15-16,30H,1H2,2-3H3/b17-10+,19-11+. The Morgan fingerprint density at radius 1 is 1.18 bits per heavy atom. The van der Waals surface area contributed by atoms with Gasteiger partial charge in [-0.3, -0.25) is 9.89 Å². The van der Waals surface area contributed by atoms with Crippen molar-refractivity contribution in [3.05, 3.63) is 106 Å². The number of pyridine rings is 1. The fraction of sp³-hybridized carbons (Fsp3) is 0.0769. The molecule has 0 saturated heterocycles. The van der Waals surface area contributed by atoms with Gasteiger partial charge in [-0.25, -0.2) is 14.6 Å². The minimum atomic E-state index is -0.201. The molecule has 162 valence electrons. The molecule has 0 aliphatic heterocycles. The molecular weight excluding hydrogens is 430 g/mol. The highest BCUT2D eigenvalue weighted by Gasteiger charge is 2.15. The van der Waals surface area contributed by atoms with Gasteiger partial charge in [-0.05, 0) is 37.6 Å². The first-order valence-corrected chi connectivity index (χ1v) is 11.1. The summed E-state index contributed by atoms with van der Waals surface area (Å²) >= 11 is 1.55. The highest BCUT2D eigenvalue weighted by atomic mass is 32.1. The smallest absolute Gasteiger partial charge is 0.280 e. The average molecular weight is 452 g/mol. The van der Waals surface area contributed by atoms with Crippen molar-refractivity contribution in [1.29, 1.82) is 5.26 Å². The lowest BCUT2D eigenvalue weighted by Crippen LogP contribution is -2.17. The highest BCUT2D eigenvalue weighted by Crippen LogP contribution is 2.28. The minimum absolute atomic E-state index is 0.201. The Hall–Kier alpha value is -4.28. The van der Waals surface area contributed by atoms with Crippen LogP contribution in [0.1, 0.15) is 18.2 Å². The van der Waals surface area contributed by atoms with E-state index in [1.807, 2.05) is 61.7 Å². The molecule has 7 heteroatoms. The van der Waals surface area contributed by atoms with Gasteiger partial charge in [0, 0.05) is 28.4 Å². The Morgan fingerprint density at radius 2 is 1.97 bits per heavy atom. The number of nitriles is 1. The Bertz CT molecular complexity index is 1460. The maximum Gasteiger partial charge on any atom is 0.280 e. The molecule has 0 fully saturated rings. The zero-order valence-corrected chi connectivity index (χ0v) is 19.1. The molecule has 0 atom stereocenters. The molecule has 0 radical (unpaired) electrons. The third-order valence-corrected chi connectivity index (χ3v) is 6.02. The van der Waals surface area contributed by atoms with Gasteiger partial charge in [0.05, 0.1) is 22.9 Å². The van der Waals surface area contributed by atoms with Crippen LogP contribution in [0.5, 0.6) is 0 Å². The van der Waals surface area contributed by atoms with Gasteiger partial charge in [-0.15, -0.1) is 11.3 Å². The van der Waals surface area contributed by atoms with Gasteiger partial charge in [0.25, 0.3) is 5.56 Å². The van der Waals surface area contributed by atoms with E-state index in [0.29, 0.717) is 17.0 Å². The molecule has 1 N–H and O–H groups in total. The highest BCUT2D eigenvalue weighted by molar-refractivity contribution is 7.13. The van der Waals surface area contributed by atoms with Crippen molar-refractivity contribution in [2.45, 2.75) is 13.8 Å². The lowest BCUT2D eigenvalue weighted by Gasteiger charge is -2.02. The molecule has 3 heterocycles. The summed E-state index contributed by atoms with van der Waals surface area (Å²) in [6.07, 6.45) is 6.58. The zero-order valence-electron chi connectivity index (χ0n) is 18.2. The fourth-order valence-corrected chi connectivity index (χ4v) is 4.23. The minimum Gasteiger partial charge on any atom is -0.293 e. The molecular formula is C26H21N5OS. The molecule has 0 aliphatic carbocycles. The van der Waals surface area contributed by atoms with Crippen LogP contribution in [0.15, 0.2) is 89.2 Å². The van der Waals surface area contributed by atoms with E-state index in [9.17, 15) is 4.79 Å². The molecule has 0 amide bonds. The number of hydrogen-bond acceptors (Lipinski definition) is 5. The zero-order chi connectivity index (χ0) is 23.4. The molecule has 1 aromatic carbocycles. The van der Waals surface area contributed by atoms with Crippen LogP contribution in [0.3, 0.4) is 0 Å². The van der Waals surface area contributed by atoms with Crippen LogP contribution in [0.2, 0.25) is 0 Å². The van der Waals surface area contributed by atoms with E-state index in [2.05, 4.69) is 16.7 Å². The molecule has 0 unspecified atom stereocenters. The number of H-pyrrole nitrogens is 1. The monoisotopic (exact) mass is 451 g/mol. The van der Waals surface area contributed by atoms with Crippen molar-refractivity contribution in [3.63, 3.8) is 0 Å². The number of nitrogens with one attached hydrogen (secondary N) is 1. The van der Waals surface area contributed by atoms with Crippen molar-refractivity contribution in [1.82, 2.24) is 19.7 Å². The van der Waals surface area contributed by atoms with Crippen LogP contribution in [0.4, 0.5) is 0 Å². The van der Waals surface area contributed by atoms with E-state index in [0.717, 1.165) is 33.1 Å². The normalized spacial score (nSPS) is 11.9. The second-order valence-electron chi connectivity index (χ2n) is 7.35. The summed E-state index contributed by atoms with van der Waals surface area (Å²) in [6.45, 7) is 7.27. The predicted octanol–water partition coefficient (Wildman–Crippen LogP) is 5.70. The van der Waals surface area contributed by atoms with Gasteiger partial charge in [0.15, 0.2) is 5.82 Å². The van der Waals surface area contributed by atoms with Gasteiger partial charge >= 0.3 is 0 Å².